The maximum Gasteiger partial charge on any atom is 0.207 e. The summed E-state index contributed by atoms with van der Waals surface area (Å²) in [6.45, 7) is 3.78. The molecule has 76 valence electrons. The molecule has 0 saturated heterocycles. The lowest BCUT2D eigenvalue weighted by Crippen LogP contribution is -2.35. The molecule has 0 aliphatic carbocycles. The van der Waals surface area contributed by atoms with E-state index in [4.69, 9.17) is 0 Å². The van der Waals surface area contributed by atoms with Gasteiger partial charge in [0.15, 0.2) is 5.78 Å². The summed E-state index contributed by atoms with van der Waals surface area (Å²) >= 11 is 0. The van der Waals surface area contributed by atoms with Gasteiger partial charge in [-0.3, -0.25) is 9.59 Å². The molecular weight excluding hydrogens is 170 g/mol. The molecule has 0 radical (unpaired) electrons. The highest BCUT2D eigenvalue weighted by molar-refractivity contribution is 5.85. The Morgan fingerprint density at radius 1 is 1.62 bits per heavy atom. The van der Waals surface area contributed by atoms with Crippen molar-refractivity contribution in [2.75, 3.05) is 6.54 Å². The monoisotopic (exact) mass is 187 g/mol. The molecule has 0 saturated carbocycles. The number of Topliss-reactive ketones (excluding diaryl/α,β-unsaturated/α-hetero) is 1. The summed E-state index contributed by atoms with van der Waals surface area (Å²) in [6, 6.07) is 0. The zero-order valence-corrected chi connectivity index (χ0v) is 8.12. The second kappa shape index (κ2) is 6.60. The lowest BCUT2D eigenvalue weighted by atomic mass is 9.97. The van der Waals surface area contributed by atoms with Crippen LogP contribution in [0.15, 0.2) is 0 Å². The minimum Gasteiger partial charge on any atom is -0.383 e. The van der Waals surface area contributed by atoms with Crippen LogP contribution in [0.25, 0.3) is 0 Å². The summed E-state index contributed by atoms with van der Waals surface area (Å²) in [5.74, 6) is -0.329. The summed E-state index contributed by atoms with van der Waals surface area (Å²) < 4.78 is 0. The molecule has 13 heavy (non-hydrogen) atoms. The number of nitrogens with one attached hydrogen (secondary N) is 1. The highest BCUT2D eigenvalue weighted by atomic mass is 16.3. The van der Waals surface area contributed by atoms with Crippen LogP contribution in [0, 0.1) is 5.92 Å². The number of carbonyl (C=O) groups excluding carboxylic acids is 2. The van der Waals surface area contributed by atoms with Crippen LogP contribution in [0.1, 0.15) is 26.7 Å². The Balaban J connectivity index is 3.85. The molecule has 2 atom stereocenters. The fourth-order valence-corrected chi connectivity index (χ4v) is 1.16. The van der Waals surface area contributed by atoms with E-state index in [0.29, 0.717) is 6.41 Å². The van der Waals surface area contributed by atoms with Gasteiger partial charge in [-0.05, 0) is 6.42 Å². The van der Waals surface area contributed by atoms with Gasteiger partial charge in [-0.2, -0.15) is 0 Å². The molecule has 0 aliphatic rings. The van der Waals surface area contributed by atoms with Crippen LogP contribution >= 0.6 is 0 Å². The fourth-order valence-electron chi connectivity index (χ4n) is 1.16. The van der Waals surface area contributed by atoms with Gasteiger partial charge in [-0.1, -0.05) is 20.3 Å². The van der Waals surface area contributed by atoms with E-state index >= 15 is 0 Å². The molecule has 0 aromatic heterocycles. The molecule has 1 amide bonds. The smallest absolute Gasteiger partial charge is 0.207 e. The van der Waals surface area contributed by atoms with Crippen LogP contribution in [0.2, 0.25) is 0 Å². The van der Waals surface area contributed by atoms with Gasteiger partial charge in [-0.25, -0.2) is 0 Å². The number of aliphatic hydroxyl groups excluding tert-OH is 1. The highest BCUT2D eigenvalue weighted by Crippen LogP contribution is 2.08. The zero-order chi connectivity index (χ0) is 10.3. The maximum atomic E-state index is 11.3. The van der Waals surface area contributed by atoms with Gasteiger partial charge in [-0.15, -0.1) is 0 Å². The summed E-state index contributed by atoms with van der Waals surface area (Å²) in [5.41, 5.74) is 0. The van der Waals surface area contributed by atoms with Gasteiger partial charge in [0.05, 0.1) is 6.54 Å². The van der Waals surface area contributed by atoms with E-state index in [0.717, 1.165) is 12.8 Å². The van der Waals surface area contributed by atoms with E-state index < -0.39 is 6.10 Å². The van der Waals surface area contributed by atoms with Crippen molar-refractivity contribution >= 4 is 12.2 Å². The Labute approximate surface area is 78.3 Å². The standard InChI is InChI=1S/C9H17NO3/c1-3-4-7(2)9(13)8(12)5-10-6-11/h6-8,12H,3-5H2,1-2H3,(H,10,11). The number of ketones is 1. The number of hydrogen-bond donors (Lipinski definition) is 2. The molecule has 2 N–H and O–H groups in total. The molecule has 0 aliphatic heterocycles. The molecule has 0 spiro atoms. The number of carbonyl (C=O) groups is 2. The number of hydrogen-bond acceptors (Lipinski definition) is 3. The first kappa shape index (κ1) is 12.1. The summed E-state index contributed by atoms with van der Waals surface area (Å²) in [6.07, 6.45) is 1.10. The third-order valence-electron chi connectivity index (χ3n) is 1.93. The molecule has 0 rings (SSSR count). The summed E-state index contributed by atoms with van der Waals surface area (Å²) in [4.78, 5) is 21.2. The van der Waals surface area contributed by atoms with Crippen LogP contribution in [0.3, 0.4) is 0 Å². The van der Waals surface area contributed by atoms with Gasteiger partial charge >= 0.3 is 0 Å². The summed E-state index contributed by atoms with van der Waals surface area (Å²) in [5, 5.41) is 11.5. The Kier molecular flexibility index (Phi) is 6.14. The van der Waals surface area contributed by atoms with Gasteiger partial charge in [0.2, 0.25) is 6.41 Å². The van der Waals surface area contributed by atoms with Crippen LogP contribution in [-0.2, 0) is 9.59 Å². The van der Waals surface area contributed by atoms with Crippen molar-refractivity contribution in [2.24, 2.45) is 5.92 Å². The van der Waals surface area contributed by atoms with Crippen LogP contribution in [0.5, 0.6) is 0 Å². The fraction of sp³-hybridized carbons (Fsp3) is 0.778. The summed E-state index contributed by atoms with van der Waals surface area (Å²) in [7, 11) is 0. The van der Waals surface area contributed by atoms with E-state index in [1.165, 1.54) is 0 Å². The highest BCUT2D eigenvalue weighted by Gasteiger charge is 2.20. The van der Waals surface area contributed by atoms with Crippen molar-refractivity contribution in [1.82, 2.24) is 5.32 Å². The van der Waals surface area contributed by atoms with Crippen molar-refractivity contribution in [1.29, 1.82) is 0 Å². The first-order valence-corrected chi connectivity index (χ1v) is 4.52. The lowest BCUT2D eigenvalue weighted by molar-refractivity contribution is -0.130. The van der Waals surface area contributed by atoms with E-state index in [9.17, 15) is 14.7 Å². The molecule has 0 fully saturated rings. The number of rotatable bonds is 7. The Morgan fingerprint density at radius 3 is 2.69 bits per heavy atom. The van der Waals surface area contributed by atoms with Crippen LogP contribution in [-0.4, -0.2) is 29.9 Å². The van der Waals surface area contributed by atoms with Crippen molar-refractivity contribution in [2.45, 2.75) is 32.8 Å². The normalized spacial score (nSPS) is 14.7. The largest absolute Gasteiger partial charge is 0.383 e. The van der Waals surface area contributed by atoms with Crippen molar-refractivity contribution in [3.63, 3.8) is 0 Å². The third kappa shape index (κ3) is 4.62. The maximum absolute atomic E-state index is 11.3. The van der Waals surface area contributed by atoms with Crippen molar-refractivity contribution in [3.05, 3.63) is 0 Å². The van der Waals surface area contributed by atoms with Gasteiger partial charge in [0, 0.05) is 5.92 Å². The van der Waals surface area contributed by atoms with Gasteiger partial charge in [0.25, 0.3) is 0 Å². The zero-order valence-electron chi connectivity index (χ0n) is 8.12. The average Bonchev–Trinajstić information content (AvgIpc) is 2.13. The number of aliphatic hydroxyl groups is 1. The van der Waals surface area contributed by atoms with E-state index in [1.54, 1.807) is 6.92 Å². The molecule has 4 nitrogen and oxygen atoms in total. The topological polar surface area (TPSA) is 66.4 Å². The average molecular weight is 187 g/mol. The molecule has 0 heterocycles. The third-order valence-corrected chi connectivity index (χ3v) is 1.93. The SMILES string of the molecule is CCCC(C)C(=O)C(O)CNC=O. The number of amides is 1. The van der Waals surface area contributed by atoms with Gasteiger partial charge < -0.3 is 10.4 Å². The minimum absolute atomic E-state index is 0.0103. The molecule has 0 aromatic rings. The quantitative estimate of drug-likeness (QED) is 0.555. The van der Waals surface area contributed by atoms with E-state index in [1.807, 2.05) is 6.92 Å². The Bertz CT molecular complexity index is 170. The van der Waals surface area contributed by atoms with E-state index in [-0.39, 0.29) is 18.2 Å². The Hall–Kier alpha value is -0.900. The Morgan fingerprint density at radius 2 is 2.23 bits per heavy atom. The predicted octanol–water partition coefficient (Wildman–Crippen LogP) is 0.0986. The predicted molar refractivity (Wildman–Crippen MR) is 49.2 cm³/mol. The van der Waals surface area contributed by atoms with Crippen molar-refractivity contribution < 1.29 is 14.7 Å². The first-order valence-electron chi connectivity index (χ1n) is 4.52. The first-order chi connectivity index (χ1) is 6.13. The molecule has 4 heteroatoms. The van der Waals surface area contributed by atoms with Crippen LogP contribution in [0.4, 0.5) is 0 Å². The lowest BCUT2D eigenvalue weighted by Gasteiger charge is -2.13. The minimum atomic E-state index is -1.06. The second-order valence-corrected chi connectivity index (χ2v) is 3.13. The molecule has 0 bridgehead atoms. The van der Waals surface area contributed by atoms with Crippen LogP contribution < -0.4 is 5.32 Å². The molecule has 0 aromatic carbocycles. The van der Waals surface area contributed by atoms with E-state index in [2.05, 4.69) is 5.32 Å². The molecule has 2 unspecified atom stereocenters. The van der Waals surface area contributed by atoms with Crippen molar-refractivity contribution in [3.8, 4) is 0 Å². The second-order valence-electron chi connectivity index (χ2n) is 3.13. The molecular formula is C9H17NO3. The van der Waals surface area contributed by atoms with Gasteiger partial charge in [0.1, 0.15) is 6.10 Å².